The molecule has 0 heterocycles. The first kappa shape index (κ1) is 16.4. The highest BCUT2D eigenvalue weighted by molar-refractivity contribution is 9.10. The van der Waals surface area contributed by atoms with Gasteiger partial charge in [-0.2, -0.15) is 0 Å². The number of hydrogen-bond donors (Lipinski definition) is 2. The Balaban J connectivity index is 2.47. The molecule has 8 heteroatoms. The minimum Gasteiger partial charge on any atom is -0.397 e. The molecule has 0 fully saturated rings. The molecule has 3 N–H and O–H groups in total. The van der Waals surface area contributed by atoms with E-state index < -0.39 is 10.0 Å². The summed E-state index contributed by atoms with van der Waals surface area (Å²) >= 11 is 15.0. The molecule has 0 amide bonds. The van der Waals surface area contributed by atoms with E-state index in [-0.39, 0.29) is 14.9 Å². The average Bonchev–Trinajstić information content (AvgIpc) is 2.32. The average molecular weight is 410 g/mol. The van der Waals surface area contributed by atoms with Crippen LogP contribution in [0.25, 0.3) is 0 Å². The Hall–Kier alpha value is -0.950. The topological polar surface area (TPSA) is 72.2 Å². The van der Waals surface area contributed by atoms with Crippen molar-refractivity contribution in [3.05, 3.63) is 50.4 Å². The lowest BCUT2D eigenvalue weighted by Gasteiger charge is -2.14. The van der Waals surface area contributed by atoms with Crippen molar-refractivity contribution in [2.75, 3.05) is 10.5 Å². The van der Waals surface area contributed by atoms with Gasteiger partial charge in [0.2, 0.25) is 0 Å². The van der Waals surface area contributed by atoms with Crippen LogP contribution in [-0.4, -0.2) is 8.42 Å². The Morgan fingerprint density at radius 2 is 1.67 bits per heavy atom. The van der Waals surface area contributed by atoms with Crippen molar-refractivity contribution in [3.63, 3.8) is 0 Å². The fourth-order valence-corrected chi connectivity index (χ4v) is 4.26. The summed E-state index contributed by atoms with van der Waals surface area (Å²) in [6.07, 6.45) is 0. The monoisotopic (exact) mass is 408 g/mol. The third kappa shape index (κ3) is 3.83. The molecule has 0 aliphatic carbocycles. The van der Waals surface area contributed by atoms with Gasteiger partial charge in [0, 0.05) is 14.5 Å². The fraction of sp³-hybridized carbons (Fsp3) is 0.0769. The molecule has 2 aromatic carbocycles. The zero-order valence-electron chi connectivity index (χ0n) is 10.8. The summed E-state index contributed by atoms with van der Waals surface area (Å²) in [5.41, 5.74) is 7.20. The number of rotatable bonds is 3. The normalized spacial score (nSPS) is 11.4. The maximum atomic E-state index is 12.4. The Morgan fingerprint density at radius 1 is 1.10 bits per heavy atom. The van der Waals surface area contributed by atoms with E-state index in [1.165, 1.54) is 18.2 Å². The van der Waals surface area contributed by atoms with E-state index in [0.29, 0.717) is 16.9 Å². The van der Waals surface area contributed by atoms with E-state index >= 15 is 0 Å². The molecule has 0 spiro atoms. The highest BCUT2D eigenvalue weighted by Crippen LogP contribution is 2.31. The third-order valence-corrected chi connectivity index (χ3v) is 4.94. The van der Waals surface area contributed by atoms with Crippen LogP contribution < -0.4 is 10.5 Å². The number of anilines is 2. The van der Waals surface area contributed by atoms with Crippen LogP contribution in [0.15, 0.2) is 39.7 Å². The molecule has 0 unspecified atom stereocenters. The molecule has 4 nitrogen and oxygen atoms in total. The molecule has 0 saturated carbocycles. The van der Waals surface area contributed by atoms with Gasteiger partial charge in [-0.25, -0.2) is 8.42 Å². The molecule has 112 valence electrons. The van der Waals surface area contributed by atoms with Gasteiger partial charge in [-0.05, 0) is 42.8 Å². The summed E-state index contributed by atoms with van der Waals surface area (Å²) in [5.74, 6) is 0. The van der Waals surface area contributed by atoms with Crippen molar-refractivity contribution in [2.45, 2.75) is 11.8 Å². The molecule has 0 atom stereocenters. The van der Waals surface area contributed by atoms with Crippen molar-refractivity contribution < 1.29 is 8.42 Å². The molecule has 0 bridgehead atoms. The number of nitrogen functional groups attached to an aromatic ring is 1. The number of sulfonamides is 1. The predicted molar refractivity (Wildman–Crippen MR) is 90.6 cm³/mol. The van der Waals surface area contributed by atoms with E-state index in [4.69, 9.17) is 28.9 Å². The first-order chi connectivity index (χ1) is 9.69. The van der Waals surface area contributed by atoms with Crippen LogP contribution in [0.4, 0.5) is 11.4 Å². The van der Waals surface area contributed by atoms with Crippen molar-refractivity contribution in [1.29, 1.82) is 0 Å². The highest BCUT2D eigenvalue weighted by Gasteiger charge is 2.18. The van der Waals surface area contributed by atoms with Gasteiger partial charge in [-0.3, -0.25) is 4.72 Å². The summed E-state index contributed by atoms with van der Waals surface area (Å²) in [6, 6.07) is 7.48. The van der Waals surface area contributed by atoms with Crippen LogP contribution in [0.2, 0.25) is 10.0 Å². The lowest BCUT2D eigenvalue weighted by atomic mass is 10.2. The SMILES string of the molecule is Cc1cc(Br)cc(N)c1NS(=O)(=O)c1cc(Cl)cc(Cl)c1. The maximum absolute atomic E-state index is 12.4. The number of aryl methyl sites for hydroxylation is 1. The van der Waals surface area contributed by atoms with Crippen LogP contribution in [0.1, 0.15) is 5.56 Å². The fourth-order valence-electron chi connectivity index (χ4n) is 1.79. The summed E-state index contributed by atoms with van der Waals surface area (Å²) in [6.45, 7) is 1.75. The molecule has 0 aliphatic rings. The van der Waals surface area contributed by atoms with Gasteiger partial charge in [-0.15, -0.1) is 0 Å². The van der Waals surface area contributed by atoms with Gasteiger partial charge in [0.15, 0.2) is 0 Å². The van der Waals surface area contributed by atoms with E-state index in [0.717, 1.165) is 4.47 Å². The van der Waals surface area contributed by atoms with E-state index in [1.807, 2.05) is 0 Å². The molecule has 0 aliphatic heterocycles. The Kier molecular flexibility index (Phi) is 4.72. The molecule has 2 rings (SSSR count). The minimum atomic E-state index is -3.83. The van der Waals surface area contributed by atoms with Crippen molar-refractivity contribution >= 4 is 60.5 Å². The second kappa shape index (κ2) is 6.04. The molecule has 0 radical (unpaired) electrons. The Bertz CT molecular complexity index is 767. The van der Waals surface area contributed by atoms with Crippen LogP contribution in [0, 0.1) is 6.92 Å². The van der Waals surface area contributed by atoms with E-state index in [1.54, 1.807) is 19.1 Å². The summed E-state index contributed by atoms with van der Waals surface area (Å²) < 4.78 is 28.0. The minimum absolute atomic E-state index is 0.0262. The molecule has 2 aromatic rings. The number of nitrogens with two attached hydrogens (primary N) is 1. The van der Waals surface area contributed by atoms with E-state index in [2.05, 4.69) is 20.7 Å². The van der Waals surface area contributed by atoms with Crippen LogP contribution >= 0.6 is 39.1 Å². The zero-order chi connectivity index (χ0) is 15.8. The Labute approximate surface area is 141 Å². The predicted octanol–water partition coefficient (Wildman–Crippen LogP) is 4.45. The second-order valence-electron chi connectivity index (χ2n) is 4.40. The number of nitrogens with one attached hydrogen (secondary N) is 1. The van der Waals surface area contributed by atoms with Crippen molar-refractivity contribution in [2.24, 2.45) is 0 Å². The van der Waals surface area contributed by atoms with Gasteiger partial charge >= 0.3 is 0 Å². The van der Waals surface area contributed by atoms with Crippen LogP contribution in [0.5, 0.6) is 0 Å². The molecular formula is C13H11BrCl2N2O2S. The number of benzene rings is 2. The molecule has 0 aromatic heterocycles. The van der Waals surface area contributed by atoms with Gasteiger partial charge < -0.3 is 5.73 Å². The summed E-state index contributed by atoms with van der Waals surface area (Å²) in [5, 5.41) is 0.478. The van der Waals surface area contributed by atoms with Gasteiger partial charge in [0.05, 0.1) is 16.3 Å². The van der Waals surface area contributed by atoms with Gasteiger partial charge in [-0.1, -0.05) is 39.1 Å². The highest BCUT2D eigenvalue weighted by atomic mass is 79.9. The van der Waals surface area contributed by atoms with Crippen molar-refractivity contribution in [3.8, 4) is 0 Å². The quantitative estimate of drug-likeness (QED) is 0.735. The number of halogens is 3. The summed E-state index contributed by atoms with van der Waals surface area (Å²) in [4.78, 5) is -0.0262. The lowest BCUT2D eigenvalue weighted by molar-refractivity contribution is 0.601. The smallest absolute Gasteiger partial charge is 0.262 e. The maximum Gasteiger partial charge on any atom is 0.262 e. The van der Waals surface area contributed by atoms with Gasteiger partial charge in [0.1, 0.15) is 0 Å². The van der Waals surface area contributed by atoms with Crippen molar-refractivity contribution in [1.82, 2.24) is 0 Å². The lowest BCUT2D eigenvalue weighted by Crippen LogP contribution is -2.15. The second-order valence-corrected chi connectivity index (χ2v) is 7.87. The Morgan fingerprint density at radius 3 is 2.19 bits per heavy atom. The third-order valence-electron chi connectivity index (χ3n) is 2.71. The zero-order valence-corrected chi connectivity index (χ0v) is 14.7. The first-order valence-electron chi connectivity index (χ1n) is 5.73. The van der Waals surface area contributed by atoms with Crippen LogP contribution in [0.3, 0.4) is 0 Å². The molecule has 21 heavy (non-hydrogen) atoms. The summed E-state index contributed by atoms with van der Waals surface area (Å²) in [7, 11) is -3.83. The number of hydrogen-bond acceptors (Lipinski definition) is 3. The van der Waals surface area contributed by atoms with Crippen LogP contribution in [-0.2, 0) is 10.0 Å². The van der Waals surface area contributed by atoms with E-state index in [9.17, 15) is 8.42 Å². The first-order valence-corrected chi connectivity index (χ1v) is 8.77. The largest absolute Gasteiger partial charge is 0.397 e. The van der Waals surface area contributed by atoms with Gasteiger partial charge in [0.25, 0.3) is 10.0 Å². The molecular weight excluding hydrogens is 399 g/mol. The molecule has 0 saturated heterocycles. The standard InChI is InChI=1S/C13H11BrCl2N2O2S/c1-7-2-8(14)3-12(17)13(7)18-21(19,20)11-5-9(15)4-10(16)6-11/h2-6,18H,17H2,1H3.